The Bertz CT molecular complexity index is 444. The minimum atomic E-state index is 0.0685. The largest absolute Gasteiger partial charge is 0.398 e. The Morgan fingerprint density at radius 1 is 1.28 bits per heavy atom. The molecule has 3 atom stereocenters. The maximum absolute atomic E-state index is 12.6. The summed E-state index contributed by atoms with van der Waals surface area (Å²) in [7, 11) is 0. The number of hydrogen-bond acceptors (Lipinski definition) is 2. The van der Waals surface area contributed by atoms with Crippen molar-refractivity contribution < 1.29 is 4.79 Å². The van der Waals surface area contributed by atoms with Gasteiger partial charge in [0.1, 0.15) is 0 Å². The van der Waals surface area contributed by atoms with E-state index in [1.54, 1.807) is 6.07 Å². The van der Waals surface area contributed by atoms with Crippen LogP contribution in [0.5, 0.6) is 0 Å². The van der Waals surface area contributed by atoms with Crippen molar-refractivity contribution in [2.75, 3.05) is 12.3 Å². The van der Waals surface area contributed by atoms with Crippen LogP contribution in [0.25, 0.3) is 0 Å². The molecule has 3 unspecified atom stereocenters. The van der Waals surface area contributed by atoms with Crippen LogP contribution in [0, 0.1) is 11.8 Å². The zero-order valence-corrected chi connectivity index (χ0v) is 11.4. The second kappa shape index (κ2) is 5.01. The van der Waals surface area contributed by atoms with Crippen molar-refractivity contribution in [2.24, 2.45) is 11.8 Å². The summed E-state index contributed by atoms with van der Waals surface area (Å²) in [6.07, 6.45) is 1.19. The van der Waals surface area contributed by atoms with Crippen molar-refractivity contribution in [1.82, 2.24) is 4.90 Å². The summed E-state index contributed by atoms with van der Waals surface area (Å²) in [5, 5.41) is 0. The van der Waals surface area contributed by atoms with Gasteiger partial charge in [0.2, 0.25) is 0 Å². The summed E-state index contributed by atoms with van der Waals surface area (Å²) in [6.45, 7) is 7.39. The molecule has 0 aliphatic carbocycles. The summed E-state index contributed by atoms with van der Waals surface area (Å²) in [4.78, 5) is 14.5. The number of benzene rings is 1. The number of carbonyl (C=O) groups is 1. The summed E-state index contributed by atoms with van der Waals surface area (Å²) in [5.74, 6) is 1.17. The van der Waals surface area contributed by atoms with Crippen LogP contribution in [0.2, 0.25) is 0 Å². The van der Waals surface area contributed by atoms with Gasteiger partial charge >= 0.3 is 0 Å². The van der Waals surface area contributed by atoms with E-state index in [1.165, 1.54) is 6.42 Å². The van der Waals surface area contributed by atoms with Crippen molar-refractivity contribution in [3.63, 3.8) is 0 Å². The third-order valence-corrected chi connectivity index (χ3v) is 4.05. The molecule has 98 valence electrons. The van der Waals surface area contributed by atoms with Crippen LogP contribution >= 0.6 is 0 Å². The molecule has 1 amide bonds. The predicted octanol–water partition coefficient (Wildman–Crippen LogP) is 2.78. The average Bonchev–Trinajstić information content (AvgIpc) is 2.33. The number of nitrogen functional groups attached to an aromatic ring is 1. The van der Waals surface area contributed by atoms with Crippen molar-refractivity contribution >= 4 is 11.6 Å². The first kappa shape index (κ1) is 12.9. The molecule has 0 spiro atoms. The summed E-state index contributed by atoms with van der Waals surface area (Å²) < 4.78 is 0. The van der Waals surface area contributed by atoms with Crippen molar-refractivity contribution in [3.8, 4) is 0 Å². The fourth-order valence-corrected chi connectivity index (χ4v) is 2.83. The van der Waals surface area contributed by atoms with E-state index in [-0.39, 0.29) is 11.9 Å². The van der Waals surface area contributed by atoms with E-state index in [1.807, 2.05) is 23.1 Å². The third-order valence-electron chi connectivity index (χ3n) is 4.05. The topological polar surface area (TPSA) is 46.3 Å². The van der Waals surface area contributed by atoms with Crippen molar-refractivity contribution in [2.45, 2.75) is 33.2 Å². The minimum Gasteiger partial charge on any atom is -0.398 e. The number of rotatable bonds is 1. The molecule has 1 aromatic carbocycles. The lowest BCUT2D eigenvalue weighted by molar-refractivity contribution is 0.0457. The number of anilines is 1. The molecule has 3 heteroatoms. The number of nitrogens with zero attached hydrogens (tertiary/aromatic N) is 1. The van der Waals surface area contributed by atoms with E-state index in [9.17, 15) is 4.79 Å². The first-order valence-electron chi connectivity index (χ1n) is 6.66. The van der Waals surface area contributed by atoms with Gasteiger partial charge < -0.3 is 10.6 Å². The van der Waals surface area contributed by atoms with Gasteiger partial charge in [-0.3, -0.25) is 4.79 Å². The highest BCUT2D eigenvalue weighted by Gasteiger charge is 2.32. The molecule has 0 aromatic heterocycles. The van der Waals surface area contributed by atoms with Crippen LogP contribution in [0.1, 0.15) is 37.6 Å². The van der Waals surface area contributed by atoms with Crippen LogP contribution < -0.4 is 5.73 Å². The van der Waals surface area contributed by atoms with Crippen LogP contribution in [0.3, 0.4) is 0 Å². The Morgan fingerprint density at radius 2 is 1.94 bits per heavy atom. The van der Waals surface area contributed by atoms with Gasteiger partial charge in [-0.15, -0.1) is 0 Å². The number of piperidine rings is 1. The molecule has 1 aliphatic heterocycles. The summed E-state index contributed by atoms with van der Waals surface area (Å²) in [5.41, 5.74) is 7.10. The first-order chi connectivity index (χ1) is 8.50. The first-order valence-corrected chi connectivity index (χ1v) is 6.66. The molecular weight excluding hydrogens is 224 g/mol. The molecule has 0 saturated carbocycles. The van der Waals surface area contributed by atoms with Crippen LogP contribution in [0.4, 0.5) is 5.69 Å². The minimum absolute atomic E-state index is 0.0685. The van der Waals surface area contributed by atoms with Gasteiger partial charge in [0, 0.05) is 18.3 Å². The molecule has 0 bridgehead atoms. The molecular formula is C15H22N2O. The highest BCUT2D eigenvalue weighted by molar-refractivity contribution is 5.99. The van der Waals surface area contributed by atoms with Crippen molar-refractivity contribution in [1.29, 1.82) is 0 Å². The standard InChI is InChI=1S/C15H22N2O/c1-10-8-11(2)12(3)17(9-10)15(18)13-6-4-5-7-14(13)16/h4-7,10-12H,8-9,16H2,1-3H3. The van der Waals surface area contributed by atoms with Crippen LogP contribution in [-0.2, 0) is 0 Å². The van der Waals surface area contributed by atoms with Gasteiger partial charge in [0.05, 0.1) is 5.56 Å². The van der Waals surface area contributed by atoms with E-state index >= 15 is 0 Å². The number of amides is 1. The fourth-order valence-electron chi connectivity index (χ4n) is 2.83. The van der Waals surface area contributed by atoms with Gasteiger partial charge in [-0.1, -0.05) is 26.0 Å². The maximum Gasteiger partial charge on any atom is 0.256 e. The Hall–Kier alpha value is -1.51. The Kier molecular flexibility index (Phi) is 3.60. The number of likely N-dealkylation sites (tertiary alicyclic amines) is 1. The molecule has 2 N–H and O–H groups in total. The van der Waals surface area contributed by atoms with E-state index in [0.29, 0.717) is 23.1 Å². The van der Waals surface area contributed by atoms with Gasteiger partial charge in [0.15, 0.2) is 0 Å². The van der Waals surface area contributed by atoms with Crippen molar-refractivity contribution in [3.05, 3.63) is 29.8 Å². The number of carbonyl (C=O) groups excluding carboxylic acids is 1. The normalized spacial score (nSPS) is 28.2. The molecule has 1 heterocycles. The molecule has 0 radical (unpaired) electrons. The maximum atomic E-state index is 12.6. The van der Waals surface area contributed by atoms with Gasteiger partial charge in [-0.05, 0) is 37.3 Å². The zero-order valence-electron chi connectivity index (χ0n) is 11.4. The molecule has 1 saturated heterocycles. The highest BCUT2D eigenvalue weighted by Crippen LogP contribution is 2.28. The smallest absolute Gasteiger partial charge is 0.256 e. The Labute approximate surface area is 109 Å². The van der Waals surface area contributed by atoms with Crippen LogP contribution in [-0.4, -0.2) is 23.4 Å². The highest BCUT2D eigenvalue weighted by atomic mass is 16.2. The number of para-hydroxylation sites is 1. The molecule has 18 heavy (non-hydrogen) atoms. The molecule has 2 rings (SSSR count). The number of hydrogen-bond donors (Lipinski definition) is 1. The average molecular weight is 246 g/mol. The Balaban J connectivity index is 2.25. The lowest BCUT2D eigenvalue weighted by atomic mass is 9.85. The van der Waals surface area contributed by atoms with E-state index in [2.05, 4.69) is 20.8 Å². The summed E-state index contributed by atoms with van der Waals surface area (Å²) in [6, 6.07) is 7.61. The SMILES string of the molecule is CC1CC(C)C(C)N(C(=O)c2ccccc2N)C1. The van der Waals surface area contributed by atoms with E-state index in [4.69, 9.17) is 5.73 Å². The lowest BCUT2D eigenvalue weighted by Gasteiger charge is -2.41. The Morgan fingerprint density at radius 3 is 2.61 bits per heavy atom. The monoisotopic (exact) mass is 246 g/mol. The van der Waals surface area contributed by atoms with Crippen LogP contribution in [0.15, 0.2) is 24.3 Å². The van der Waals surface area contributed by atoms with Gasteiger partial charge in [-0.25, -0.2) is 0 Å². The van der Waals surface area contributed by atoms with E-state index < -0.39 is 0 Å². The number of nitrogens with two attached hydrogens (primary N) is 1. The van der Waals surface area contributed by atoms with Gasteiger partial charge in [0.25, 0.3) is 5.91 Å². The van der Waals surface area contributed by atoms with E-state index in [0.717, 1.165) is 6.54 Å². The molecule has 1 aromatic rings. The molecule has 1 aliphatic rings. The van der Waals surface area contributed by atoms with Gasteiger partial charge in [-0.2, -0.15) is 0 Å². The third kappa shape index (κ3) is 2.35. The predicted molar refractivity (Wildman–Crippen MR) is 74.3 cm³/mol. The quantitative estimate of drug-likeness (QED) is 0.774. The lowest BCUT2D eigenvalue weighted by Crippen LogP contribution is -2.49. The molecule has 1 fully saturated rings. The second-order valence-corrected chi connectivity index (χ2v) is 5.60. The molecule has 3 nitrogen and oxygen atoms in total. The summed E-state index contributed by atoms with van der Waals surface area (Å²) >= 11 is 0. The fraction of sp³-hybridized carbons (Fsp3) is 0.533. The second-order valence-electron chi connectivity index (χ2n) is 5.60. The zero-order chi connectivity index (χ0) is 13.3.